The zero-order chi connectivity index (χ0) is 11.8. The number of imidazole rings is 1. The molecule has 86 valence electrons. The minimum atomic E-state index is 0.461. The predicted octanol–water partition coefficient (Wildman–Crippen LogP) is 1.42. The molecule has 0 aliphatic rings. The number of nitrogen functional groups attached to an aromatic ring is 1. The molecule has 3 aromatic rings. The molecule has 0 fully saturated rings. The van der Waals surface area contributed by atoms with Gasteiger partial charge in [-0.3, -0.25) is 5.10 Å². The molecule has 3 aromatic heterocycles. The van der Waals surface area contributed by atoms with Crippen LogP contribution < -0.4 is 5.73 Å². The van der Waals surface area contributed by atoms with Crippen LogP contribution in [0.1, 0.15) is 6.92 Å². The van der Waals surface area contributed by atoms with Gasteiger partial charge < -0.3 is 10.3 Å². The van der Waals surface area contributed by atoms with Crippen LogP contribution in [0.2, 0.25) is 0 Å². The summed E-state index contributed by atoms with van der Waals surface area (Å²) in [6, 6.07) is 5.59. The summed E-state index contributed by atoms with van der Waals surface area (Å²) >= 11 is 0. The minimum absolute atomic E-state index is 0.461. The first-order valence-corrected chi connectivity index (χ1v) is 5.42. The van der Waals surface area contributed by atoms with Crippen LogP contribution in [-0.4, -0.2) is 24.7 Å². The van der Waals surface area contributed by atoms with Crippen molar-refractivity contribution in [3.63, 3.8) is 0 Å². The first-order valence-electron chi connectivity index (χ1n) is 5.42. The van der Waals surface area contributed by atoms with Gasteiger partial charge in [0, 0.05) is 18.8 Å². The molecule has 3 heterocycles. The number of fused-ring (bicyclic) bond motifs is 1. The molecule has 6 nitrogen and oxygen atoms in total. The molecule has 0 bridgehead atoms. The molecular formula is C11H12N6. The number of aryl methyl sites for hydroxylation is 1. The number of pyridine rings is 1. The van der Waals surface area contributed by atoms with Gasteiger partial charge in [-0.2, -0.15) is 5.10 Å². The number of nitrogens with one attached hydrogen (secondary N) is 1. The Bertz CT molecular complexity index is 665. The summed E-state index contributed by atoms with van der Waals surface area (Å²) in [5, 5.41) is 6.79. The van der Waals surface area contributed by atoms with Crippen molar-refractivity contribution in [1.29, 1.82) is 0 Å². The molecule has 0 atom stereocenters. The van der Waals surface area contributed by atoms with Gasteiger partial charge in [0.15, 0.2) is 11.5 Å². The van der Waals surface area contributed by atoms with Crippen molar-refractivity contribution in [3.8, 4) is 11.5 Å². The number of hydrogen-bond donors (Lipinski definition) is 2. The van der Waals surface area contributed by atoms with Gasteiger partial charge in [-0.1, -0.05) is 0 Å². The van der Waals surface area contributed by atoms with Crippen molar-refractivity contribution in [2.75, 3.05) is 5.73 Å². The first kappa shape index (κ1) is 9.83. The Balaban J connectivity index is 2.29. The number of nitrogens with two attached hydrogens (primary N) is 1. The third kappa shape index (κ3) is 1.45. The van der Waals surface area contributed by atoms with Crippen LogP contribution in [0, 0.1) is 0 Å². The van der Waals surface area contributed by atoms with Gasteiger partial charge in [-0.15, -0.1) is 0 Å². The second kappa shape index (κ2) is 3.58. The predicted molar refractivity (Wildman–Crippen MR) is 65.2 cm³/mol. The molecule has 0 spiro atoms. The van der Waals surface area contributed by atoms with Gasteiger partial charge in [-0.05, 0) is 19.1 Å². The quantitative estimate of drug-likeness (QED) is 0.694. The van der Waals surface area contributed by atoms with Crippen molar-refractivity contribution in [2.24, 2.45) is 0 Å². The monoisotopic (exact) mass is 228 g/mol. The van der Waals surface area contributed by atoms with Gasteiger partial charge >= 0.3 is 0 Å². The molecule has 0 aliphatic carbocycles. The second-order valence-corrected chi connectivity index (χ2v) is 3.73. The van der Waals surface area contributed by atoms with Gasteiger partial charge in [-0.25, -0.2) is 9.97 Å². The molecule has 3 N–H and O–H groups in total. The Morgan fingerprint density at radius 2 is 2.35 bits per heavy atom. The number of nitrogens with zero attached hydrogens (tertiary/aromatic N) is 4. The van der Waals surface area contributed by atoms with Gasteiger partial charge in [0.05, 0.1) is 0 Å². The molecule has 0 amide bonds. The highest BCUT2D eigenvalue weighted by molar-refractivity contribution is 5.76. The molecular weight excluding hydrogens is 216 g/mol. The fourth-order valence-electron chi connectivity index (χ4n) is 1.92. The van der Waals surface area contributed by atoms with Crippen molar-refractivity contribution in [2.45, 2.75) is 13.5 Å². The number of hydrogen-bond acceptors (Lipinski definition) is 4. The second-order valence-electron chi connectivity index (χ2n) is 3.73. The normalized spacial score (nSPS) is 11.1. The van der Waals surface area contributed by atoms with Crippen molar-refractivity contribution >= 4 is 17.0 Å². The molecule has 0 radical (unpaired) electrons. The molecule has 0 unspecified atom stereocenters. The average molecular weight is 228 g/mol. The summed E-state index contributed by atoms with van der Waals surface area (Å²) in [7, 11) is 0. The van der Waals surface area contributed by atoms with Crippen LogP contribution >= 0.6 is 0 Å². The molecule has 17 heavy (non-hydrogen) atoms. The highest BCUT2D eigenvalue weighted by Gasteiger charge is 2.13. The SMILES string of the molecule is CCn1c(-c2cc(N)n[nH]2)nc2cccnc21. The Hall–Kier alpha value is -2.37. The van der Waals surface area contributed by atoms with E-state index in [-0.39, 0.29) is 0 Å². The van der Waals surface area contributed by atoms with Crippen LogP contribution in [0.5, 0.6) is 0 Å². The number of H-pyrrole nitrogens is 1. The van der Waals surface area contributed by atoms with E-state index < -0.39 is 0 Å². The van der Waals surface area contributed by atoms with E-state index in [2.05, 4.69) is 27.1 Å². The third-order valence-corrected chi connectivity index (χ3v) is 2.66. The van der Waals surface area contributed by atoms with E-state index >= 15 is 0 Å². The van der Waals surface area contributed by atoms with Crippen molar-refractivity contribution in [3.05, 3.63) is 24.4 Å². The highest BCUT2D eigenvalue weighted by atomic mass is 15.2. The number of rotatable bonds is 2. The van der Waals surface area contributed by atoms with E-state index in [1.165, 1.54) is 0 Å². The summed E-state index contributed by atoms with van der Waals surface area (Å²) in [5.41, 5.74) is 8.16. The highest BCUT2D eigenvalue weighted by Crippen LogP contribution is 2.22. The van der Waals surface area contributed by atoms with E-state index in [1.807, 2.05) is 16.7 Å². The topological polar surface area (TPSA) is 85.4 Å². The summed E-state index contributed by atoms with van der Waals surface area (Å²) in [5.74, 6) is 1.27. The fourth-order valence-corrected chi connectivity index (χ4v) is 1.92. The molecule has 0 aromatic carbocycles. The number of anilines is 1. The van der Waals surface area contributed by atoms with E-state index in [4.69, 9.17) is 5.73 Å². The zero-order valence-electron chi connectivity index (χ0n) is 9.38. The Labute approximate surface area is 97.5 Å². The van der Waals surface area contributed by atoms with Crippen LogP contribution in [0.15, 0.2) is 24.4 Å². The standard InChI is InChI=1S/C11H12N6/c1-2-17-10-7(4-3-5-13-10)14-11(17)8-6-9(12)16-15-8/h3-6H,2H2,1H3,(H3,12,15,16). The minimum Gasteiger partial charge on any atom is -0.382 e. The number of aromatic nitrogens is 5. The van der Waals surface area contributed by atoms with Crippen molar-refractivity contribution in [1.82, 2.24) is 24.7 Å². The average Bonchev–Trinajstić information content (AvgIpc) is 2.91. The van der Waals surface area contributed by atoms with Crippen molar-refractivity contribution < 1.29 is 0 Å². The largest absolute Gasteiger partial charge is 0.382 e. The Kier molecular flexibility index (Phi) is 2.07. The maximum Gasteiger partial charge on any atom is 0.160 e. The zero-order valence-corrected chi connectivity index (χ0v) is 9.38. The Morgan fingerprint density at radius 1 is 1.47 bits per heavy atom. The van der Waals surface area contributed by atoms with Crippen LogP contribution in [0.25, 0.3) is 22.7 Å². The number of aromatic amines is 1. The van der Waals surface area contributed by atoms with Gasteiger partial charge in [0.1, 0.15) is 17.0 Å². The summed E-state index contributed by atoms with van der Waals surface area (Å²) in [6.45, 7) is 2.85. The lowest BCUT2D eigenvalue weighted by atomic mass is 10.4. The lowest BCUT2D eigenvalue weighted by Gasteiger charge is -2.02. The van der Waals surface area contributed by atoms with Crippen LogP contribution in [0.3, 0.4) is 0 Å². The first-order chi connectivity index (χ1) is 8.29. The Morgan fingerprint density at radius 3 is 3.06 bits per heavy atom. The lowest BCUT2D eigenvalue weighted by Crippen LogP contribution is -1.98. The summed E-state index contributed by atoms with van der Waals surface area (Å²) in [6.07, 6.45) is 1.77. The maximum absolute atomic E-state index is 5.61. The summed E-state index contributed by atoms with van der Waals surface area (Å²) < 4.78 is 2.03. The lowest BCUT2D eigenvalue weighted by molar-refractivity contribution is 0.783. The fraction of sp³-hybridized carbons (Fsp3) is 0.182. The smallest absolute Gasteiger partial charge is 0.160 e. The van der Waals surface area contributed by atoms with Crippen LogP contribution in [-0.2, 0) is 6.54 Å². The van der Waals surface area contributed by atoms with E-state index in [0.29, 0.717) is 5.82 Å². The third-order valence-electron chi connectivity index (χ3n) is 2.66. The molecule has 3 rings (SSSR count). The molecule has 6 heteroatoms. The van der Waals surface area contributed by atoms with E-state index in [0.717, 1.165) is 29.2 Å². The molecule has 0 aliphatic heterocycles. The summed E-state index contributed by atoms with van der Waals surface area (Å²) in [4.78, 5) is 8.88. The van der Waals surface area contributed by atoms with Crippen LogP contribution in [0.4, 0.5) is 5.82 Å². The maximum atomic E-state index is 5.61. The van der Waals surface area contributed by atoms with Gasteiger partial charge in [0.2, 0.25) is 0 Å². The van der Waals surface area contributed by atoms with E-state index in [9.17, 15) is 0 Å². The van der Waals surface area contributed by atoms with Gasteiger partial charge in [0.25, 0.3) is 0 Å². The molecule has 0 saturated carbocycles. The van der Waals surface area contributed by atoms with E-state index in [1.54, 1.807) is 12.3 Å². The molecule has 0 saturated heterocycles.